The van der Waals surface area contributed by atoms with E-state index in [4.69, 9.17) is 9.40 Å². The van der Waals surface area contributed by atoms with E-state index in [1.807, 2.05) is 36.4 Å². The Morgan fingerprint density at radius 2 is 1.02 bits per heavy atom. The molecule has 226 valence electrons. The number of hydrogen-bond donors (Lipinski definition) is 0. The van der Waals surface area contributed by atoms with Crippen LogP contribution in [0, 0.1) is 0 Å². The molecule has 3 nitrogen and oxygen atoms in total. The zero-order valence-corrected chi connectivity index (χ0v) is 26.1. The summed E-state index contributed by atoms with van der Waals surface area (Å²) in [6.07, 6.45) is 0. The molecule has 0 aliphatic rings. The third-order valence-corrected chi connectivity index (χ3v) is 9.10. The molecule has 0 unspecified atom stereocenters. The van der Waals surface area contributed by atoms with Gasteiger partial charge in [-0.2, -0.15) is 0 Å². The average molecular weight is 615 g/mol. The van der Waals surface area contributed by atoms with E-state index in [0.717, 1.165) is 55.6 Å². The minimum absolute atomic E-state index is 0.638. The number of oxazole rings is 1. The number of nitrogens with zero attached hydrogens (tertiary/aromatic N) is 2. The third kappa shape index (κ3) is 4.99. The Morgan fingerprint density at radius 1 is 0.396 bits per heavy atom. The predicted octanol–water partition coefficient (Wildman–Crippen LogP) is 12.6. The van der Waals surface area contributed by atoms with Crippen molar-refractivity contribution in [2.24, 2.45) is 0 Å². The van der Waals surface area contributed by atoms with Crippen molar-refractivity contribution < 1.29 is 4.42 Å². The maximum absolute atomic E-state index is 6.17. The molecule has 8 aromatic carbocycles. The fraction of sp³-hybridized carbons (Fsp3) is 0. The fourth-order valence-electron chi connectivity index (χ4n) is 6.69. The van der Waals surface area contributed by atoms with Crippen molar-refractivity contribution in [3.05, 3.63) is 182 Å². The van der Waals surface area contributed by atoms with E-state index in [9.17, 15) is 0 Å². The van der Waals surface area contributed by atoms with Gasteiger partial charge in [0.25, 0.3) is 0 Å². The van der Waals surface area contributed by atoms with E-state index in [1.54, 1.807) is 0 Å². The number of benzene rings is 8. The Bertz CT molecular complexity index is 2540. The van der Waals surface area contributed by atoms with Gasteiger partial charge in [-0.15, -0.1) is 0 Å². The van der Waals surface area contributed by atoms with Gasteiger partial charge in [0.05, 0.1) is 0 Å². The van der Waals surface area contributed by atoms with Crippen LogP contribution in [0.4, 0.5) is 17.1 Å². The van der Waals surface area contributed by atoms with Gasteiger partial charge in [-0.3, -0.25) is 0 Å². The van der Waals surface area contributed by atoms with Gasteiger partial charge in [-0.1, -0.05) is 115 Å². The molecule has 0 aliphatic heterocycles. The number of para-hydroxylation sites is 1. The highest BCUT2D eigenvalue weighted by Gasteiger charge is 2.16. The van der Waals surface area contributed by atoms with Crippen LogP contribution in [0.25, 0.3) is 66.4 Å². The first-order valence-electron chi connectivity index (χ1n) is 16.2. The molecule has 0 atom stereocenters. The second kappa shape index (κ2) is 11.7. The normalized spacial score (nSPS) is 11.3. The van der Waals surface area contributed by atoms with Gasteiger partial charge in [0, 0.05) is 28.0 Å². The van der Waals surface area contributed by atoms with Gasteiger partial charge in [0.1, 0.15) is 5.52 Å². The fourth-order valence-corrected chi connectivity index (χ4v) is 6.69. The van der Waals surface area contributed by atoms with Crippen LogP contribution in [0.1, 0.15) is 0 Å². The molecule has 1 heterocycles. The van der Waals surface area contributed by atoms with Crippen LogP contribution in [0.5, 0.6) is 0 Å². The lowest BCUT2D eigenvalue weighted by molar-refractivity contribution is 0.620. The van der Waals surface area contributed by atoms with Gasteiger partial charge in [0.2, 0.25) is 5.89 Å². The molecule has 0 N–H and O–H groups in total. The van der Waals surface area contributed by atoms with E-state index >= 15 is 0 Å². The van der Waals surface area contributed by atoms with Crippen molar-refractivity contribution in [1.29, 1.82) is 0 Å². The highest BCUT2D eigenvalue weighted by molar-refractivity contribution is 6.09. The van der Waals surface area contributed by atoms with Gasteiger partial charge in [-0.05, 0) is 105 Å². The Hall–Kier alpha value is -6.45. The predicted molar refractivity (Wildman–Crippen MR) is 200 cm³/mol. The van der Waals surface area contributed by atoms with Crippen LogP contribution in [-0.4, -0.2) is 4.98 Å². The topological polar surface area (TPSA) is 29.3 Å². The molecule has 3 heteroatoms. The number of hydrogen-bond acceptors (Lipinski definition) is 3. The largest absolute Gasteiger partial charge is 0.436 e. The Balaban J connectivity index is 1.07. The minimum Gasteiger partial charge on any atom is -0.436 e. The van der Waals surface area contributed by atoms with Crippen molar-refractivity contribution >= 4 is 49.7 Å². The SMILES string of the molecule is c1ccc(-c2nc3c(ccc4c(-c5ccc(N(c6ccccc6)c6ccc(-c7ccc8ccccc8c7)cc6)cc5)cccc43)o2)cc1. The van der Waals surface area contributed by atoms with E-state index in [1.165, 1.54) is 21.9 Å². The zero-order chi connectivity index (χ0) is 31.9. The first kappa shape index (κ1) is 27.8. The van der Waals surface area contributed by atoms with Crippen LogP contribution in [0.2, 0.25) is 0 Å². The molecule has 9 rings (SSSR count). The van der Waals surface area contributed by atoms with Crippen molar-refractivity contribution in [2.45, 2.75) is 0 Å². The lowest BCUT2D eigenvalue weighted by atomic mass is 9.97. The van der Waals surface area contributed by atoms with E-state index in [0.29, 0.717) is 5.89 Å². The zero-order valence-electron chi connectivity index (χ0n) is 26.1. The van der Waals surface area contributed by atoms with Crippen LogP contribution in [0.15, 0.2) is 186 Å². The summed E-state index contributed by atoms with van der Waals surface area (Å²) >= 11 is 0. The summed E-state index contributed by atoms with van der Waals surface area (Å²) in [7, 11) is 0. The third-order valence-electron chi connectivity index (χ3n) is 9.10. The van der Waals surface area contributed by atoms with Crippen LogP contribution < -0.4 is 4.90 Å². The van der Waals surface area contributed by atoms with E-state index < -0.39 is 0 Å². The van der Waals surface area contributed by atoms with Crippen LogP contribution >= 0.6 is 0 Å². The maximum atomic E-state index is 6.17. The van der Waals surface area contributed by atoms with E-state index in [2.05, 4.69) is 150 Å². The van der Waals surface area contributed by atoms with E-state index in [-0.39, 0.29) is 0 Å². The van der Waals surface area contributed by atoms with Crippen LogP contribution in [-0.2, 0) is 0 Å². The molecule has 48 heavy (non-hydrogen) atoms. The molecule has 0 aliphatic carbocycles. The molecule has 0 saturated heterocycles. The highest BCUT2D eigenvalue weighted by Crippen LogP contribution is 2.39. The maximum Gasteiger partial charge on any atom is 0.227 e. The molecule has 1 aromatic heterocycles. The summed E-state index contributed by atoms with van der Waals surface area (Å²) in [6, 6.07) is 64.1. The molecular weight excluding hydrogens is 585 g/mol. The smallest absolute Gasteiger partial charge is 0.227 e. The van der Waals surface area contributed by atoms with Crippen molar-refractivity contribution in [1.82, 2.24) is 4.98 Å². The number of anilines is 3. The van der Waals surface area contributed by atoms with Crippen LogP contribution in [0.3, 0.4) is 0 Å². The number of rotatable bonds is 6. The van der Waals surface area contributed by atoms with Gasteiger partial charge in [-0.25, -0.2) is 4.98 Å². The molecule has 0 spiro atoms. The molecule has 0 amide bonds. The summed E-state index contributed by atoms with van der Waals surface area (Å²) < 4.78 is 6.17. The summed E-state index contributed by atoms with van der Waals surface area (Å²) in [5.41, 5.74) is 10.7. The molecule has 0 radical (unpaired) electrons. The Kier molecular flexibility index (Phi) is 6.80. The van der Waals surface area contributed by atoms with Crippen molar-refractivity contribution in [2.75, 3.05) is 4.90 Å². The Labute approximate surface area is 279 Å². The Morgan fingerprint density at radius 3 is 1.77 bits per heavy atom. The molecule has 0 fully saturated rings. The minimum atomic E-state index is 0.638. The second-order valence-corrected chi connectivity index (χ2v) is 12.0. The summed E-state index contributed by atoms with van der Waals surface area (Å²) in [6.45, 7) is 0. The molecular formula is C45H30N2O. The molecule has 9 aromatic rings. The molecule has 0 bridgehead atoms. The summed E-state index contributed by atoms with van der Waals surface area (Å²) in [5.74, 6) is 0.638. The lowest BCUT2D eigenvalue weighted by Gasteiger charge is -2.26. The monoisotopic (exact) mass is 614 g/mol. The quantitative estimate of drug-likeness (QED) is 0.187. The highest BCUT2D eigenvalue weighted by atomic mass is 16.3. The van der Waals surface area contributed by atoms with Crippen molar-refractivity contribution in [3.63, 3.8) is 0 Å². The standard InChI is InChI=1S/C45H30N2O/c1-3-11-34(12-4-1)45-46-44-42-17-9-16-40(41(42)28-29-43(44)48-45)33-22-26-39(27-23-33)47(37-14-5-2-6-15-37)38-24-20-32(21-25-38)36-19-18-31-10-7-8-13-35(31)30-36/h1-30H. The number of fused-ring (bicyclic) bond motifs is 4. The summed E-state index contributed by atoms with van der Waals surface area (Å²) in [4.78, 5) is 7.22. The van der Waals surface area contributed by atoms with Crippen molar-refractivity contribution in [3.8, 4) is 33.7 Å². The first-order chi connectivity index (χ1) is 23.8. The van der Waals surface area contributed by atoms with Gasteiger partial charge in [0.15, 0.2) is 5.58 Å². The molecule has 0 saturated carbocycles. The number of aromatic nitrogens is 1. The summed E-state index contributed by atoms with van der Waals surface area (Å²) in [5, 5.41) is 4.73. The lowest BCUT2D eigenvalue weighted by Crippen LogP contribution is -2.09. The average Bonchev–Trinajstić information content (AvgIpc) is 3.61. The second-order valence-electron chi connectivity index (χ2n) is 12.0. The van der Waals surface area contributed by atoms with Gasteiger partial charge < -0.3 is 9.32 Å². The van der Waals surface area contributed by atoms with Gasteiger partial charge >= 0.3 is 0 Å². The first-order valence-corrected chi connectivity index (χ1v) is 16.2.